The summed E-state index contributed by atoms with van der Waals surface area (Å²) in [4.78, 5) is 24.1. The molecule has 2 aromatic carbocycles. The Morgan fingerprint density at radius 3 is 2.28 bits per heavy atom. The van der Waals surface area contributed by atoms with Crippen LogP contribution in [0.4, 0.5) is 0 Å². The van der Waals surface area contributed by atoms with Gasteiger partial charge in [-0.2, -0.15) is 0 Å². The van der Waals surface area contributed by atoms with Gasteiger partial charge in [0.25, 0.3) is 11.8 Å². The topological polar surface area (TPSA) is 67.4 Å². The largest absolute Gasteiger partial charge is 0.494 e. The van der Waals surface area contributed by atoms with Crippen molar-refractivity contribution in [2.45, 2.75) is 20.3 Å². The summed E-state index contributed by atoms with van der Waals surface area (Å²) in [5, 5.41) is 0.537. The fraction of sp³-hybridized carbons (Fsp3) is 0.263. The first kappa shape index (κ1) is 18.8. The molecule has 0 saturated heterocycles. The number of rotatable bonds is 6. The molecule has 0 aliphatic carbocycles. The van der Waals surface area contributed by atoms with Crippen LogP contribution in [0.3, 0.4) is 0 Å². The molecule has 132 valence electrons. The van der Waals surface area contributed by atoms with Crippen molar-refractivity contribution in [1.29, 1.82) is 0 Å². The molecule has 0 aliphatic heterocycles. The van der Waals surface area contributed by atoms with E-state index in [9.17, 15) is 9.59 Å². The summed E-state index contributed by atoms with van der Waals surface area (Å²) >= 11 is 5.78. The van der Waals surface area contributed by atoms with Crippen molar-refractivity contribution in [2.75, 3.05) is 6.61 Å². The van der Waals surface area contributed by atoms with Crippen molar-refractivity contribution in [3.63, 3.8) is 0 Å². The molecule has 2 N–H and O–H groups in total. The zero-order valence-corrected chi connectivity index (χ0v) is 15.0. The second-order valence-corrected chi connectivity index (χ2v) is 6.41. The molecule has 0 unspecified atom stereocenters. The molecular formula is C19H21ClN2O3. The van der Waals surface area contributed by atoms with Gasteiger partial charge in [0, 0.05) is 16.1 Å². The van der Waals surface area contributed by atoms with Crippen molar-refractivity contribution in [1.82, 2.24) is 10.9 Å². The minimum Gasteiger partial charge on any atom is -0.494 e. The van der Waals surface area contributed by atoms with Crippen molar-refractivity contribution >= 4 is 23.4 Å². The van der Waals surface area contributed by atoms with E-state index in [1.54, 1.807) is 48.5 Å². The summed E-state index contributed by atoms with van der Waals surface area (Å²) in [7, 11) is 0. The molecule has 0 aromatic heterocycles. The van der Waals surface area contributed by atoms with Crippen LogP contribution in [0, 0.1) is 5.92 Å². The Morgan fingerprint density at radius 1 is 1.00 bits per heavy atom. The second kappa shape index (κ2) is 9.08. The lowest BCUT2D eigenvalue weighted by atomic mass is 10.1. The third kappa shape index (κ3) is 6.12. The van der Waals surface area contributed by atoms with Crippen LogP contribution in [-0.4, -0.2) is 18.4 Å². The molecule has 2 amide bonds. The van der Waals surface area contributed by atoms with Crippen molar-refractivity contribution < 1.29 is 14.3 Å². The summed E-state index contributed by atoms with van der Waals surface area (Å²) in [5.41, 5.74) is 5.56. The number of amides is 2. The number of carbonyl (C=O) groups excluding carboxylic acids is 2. The number of hydrogen-bond donors (Lipinski definition) is 2. The van der Waals surface area contributed by atoms with Crippen LogP contribution in [0.25, 0.3) is 0 Å². The molecule has 2 rings (SSSR count). The van der Waals surface area contributed by atoms with Crippen LogP contribution >= 0.6 is 11.6 Å². The minimum absolute atomic E-state index is 0.399. The van der Waals surface area contributed by atoms with Gasteiger partial charge in [-0.3, -0.25) is 20.4 Å². The highest BCUT2D eigenvalue weighted by atomic mass is 35.5. The molecule has 0 saturated carbocycles. The maximum atomic E-state index is 12.2. The van der Waals surface area contributed by atoms with Gasteiger partial charge in [0.05, 0.1) is 6.61 Å². The standard InChI is InChI=1S/C19H21ClN2O3/c1-13(2)10-11-25-17-5-3-4-15(12-17)19(24)22-21-18(23)14-6-8-16(20)9-7-14/h3-9,12-13H,10-11H2,1-2H3,(H,21,23)(H,22,24). The van der Waals surface area contributed by atoms with Crippen LogP contribution < -0.4 is 15.6 Å². The van der Waals surface area contributed by atoms with E-state index < -0.39 is 11.8 Å². The molecule has 6 heteroatoms. The van der Waals surface area contributed by atoms with E-state index in [-0.39, 0.29) is 0 Å². The number of nitrogens with one attached hydrogen (secondary N) is 2. The SMILES string of the molecule is CC(C)CCOc1cccc(C(=O)NNC(=O)c2ccc(Cl)cc2)c1. The van der Waals surface area contributed by atoms with Crippen LogP contribution in [0.15, 0.2) is 48.5 Å². The van der Waals surface area contributed by atoms with E-state index in [1.165, 1.54) is 0 Å². The van der Waals surface area contributed by atoms with Gasteiger partial charge in [0.1, 0.15) is 5.75 Å². The molecule has 0 atom stereocenters. The van der Waals surface area contributed by atoms with E-state index in [2.05, 4.69) is 24.7 Å². The maximum absolute atomic E-state index is 12.2. The summed E-state index contributed by atoms with van der Waals surface area (Å²) in [6.07, 6.45) is 0.938. The summed E-state index contributed by atoms with van der Waals surface area (Å²) in [6.45, 7) is 4.84. The van der Waals surface area contributed by atoms with Gasteiger partial charge in [0.2, 0.25) is 0 Å². The molecular weight excluding hydrogens is 340 g/mol. The highest BCUT2D eigenvalue weighted by Gasteiger charge is 2.10. The predicted molar refractivity (Wildman–Crippen MR) is 97.8 cm³/mol. The summed E-state index contributed by atoms with van der Waals surface area (Å²) in [5.74, 6) is 0.331. The first-order valence-corrected chi connectivity index (χ1v) is 8.42. The minimum atomic E-state index is -0.422. The number of ether oxygens (including phenoxy) is 1. The van der Waals surface area contributed by atoms with Crippen molar-refractivity contribution in [2.24, 2.45) is 5.92 Å². The summed E-state index contributed by atoms with van der Waals surface area (Å²) < 4.78 is 5.63. The van der Waals surface area contributed by atoms with E-state index in [4.69, 9.17) is 16.3 Å². The first-order chi connectivity index (χ1) is 12.0. The molecule has 25 heavy (non-hydrogen) atoms. The Morgan fingerprint density at radius 2 is 1.64 bits per heavy atom. The van der Waals surface area contributed by atoms with Gasteiger partial charge in [-0.05, 0) is 54.8 Å². The number of benzene rings is 2. The quantitative estimate of drug-likeness (QED) is 0.769. The van der Waals surface area contributed by atoms with E-state index in [0.717, 1.165) is 6.42 Å². The van der Waals surface area contributed by atoms with Crippen LogP contribution in [0.5, 0.6) is 5.75 Å². The van der Waals surface area contributed by atoms with E-state index >= 15 is 0 Å². The number of hydrazine groups is 1. The molecule has 0 fully saturated rings. The monoisotopic (exact) mass is 360 g/mol. The highest BCUT2D eigenvalue weighted by Crippen LogP contribution is 2.14. The van der Waals surface area contributed by atoms with Gasteiger partial charge in [0.15, 0.2) is 0 Å². The first-order valence-electron chi connectivity index (χ1n) is 8.05. The van der Waals surface area contributed by atoms with Gasteiger partial charge in [-0.1, -0.05) is 31.5 Å². The van der Waals surface area contributed by atoms with Crippen LogP contribution in [-0.2, 0) is 0 Å². The predicted octanol–water partition coefficient (Wildman–Crippen LogP) is 3.84. The van der Waals surface area contributed by atoms with Crippen molar-refractivity contribution in [3.8, 4) is 5.75 Å². The second-order valence-electron chi connectivity index (χ2n) is 5.97. The van der Waals surface area contributed by atoms with Gasteiger partial charge >= 0.3 is 0 Å². The molecule has 2 aromatic rings. The lowest BCUT2D eigenvalue weighted by Gasteiger charge is -2.10. The van der Waals surface area contributed by atoms with E-state index in [1.807, 2.05) is 0 Å². The Balaban J connectivity index is 1.89. The number of halogens is 1. The average molecular weight is 361 g/mol. The van der Waals surface area contributed by atoms with Gasteiger partial charge < -0.3 is 4.74 Å². The molecule has 0 radical (unpaired) electrons. The third-order valence-electron chi connectivity index (χ3n) is 3.46. The fourth-order valence-corrected chi connectivity index (χ4v) is 2.12. The van der Waals surface area contributed by atoms with Gasteiger partial charge in [-0.15, -0.1) is 0 Å². The molecule has 0 bridgehead atoms. The van der Waals surface area contributed by atoms with Crippen LogP contribution in [0.2, 0.25) is 5.02 Å². The van der Waals surface area contributed by atoms with Crippen LogP contribution in [0.1, 0.15) is 41.0 Å². The smallest absolute Gasteiger partial charge is 0.269 e. The number of hydrogen-bond acceptors (Lipinski definition) is 3. The zero-order valence-electron chi connectivity index (χ0n) is 14.2. The lowest BCUT2D eigenvalue weighted by molar-refractivity contribution is 0.0846. The molecule has 5 nitrogen and oxygen atoms in total. The molecule has 0 spiro atoms. The normalized spacial score (nSPS) is 10.4. The van der Waals surface area contributed by atoms with E-state index in [0.29, 0.717) is 34.4 Å². The average Bonchev–Trinajstić information content (AvgIpc) is 2.60. The molecule has 0 aliphatic rings. The Kier molecular flexibility index (Phi) is 6.83. The Bertz CT molecular complexity index is 730. The molecule has 0 heterocycles. The van der Waals surface area contributed by atoms with Gasteiger partial charge in [-0.25, -0.2) is 0 Å². The Labute approximate surface area is 152 Å². The highest BCUT2D eigenvalue weighted by molar-refractivity contribution is 6.30. The third-order valence-corrected chi connectivity index (χ3v) is 3.71. The fourth-order valence-electron chi connectivity index (χ4n) is 2.00. The zero-order chi connectivity index (χ0) is 18.2. The maximum Gasteiger partial charge on any atom is 0.269 e. The number of carbonyl (C=O) groups is 2. The summed E-state index contributed by atoms with van der Waals surface area (Å²) in [6, 6.07) is 13.2. The Hall–Kier alpha value is -2.53. The lowest BCUT2D eigenvalue weighted by Crippen LogP contribution is -2.41. The van der Waals surface area contributed by atoms with Crippen molar-refractivity contribution in [3.05, 3.63) is 64.7 Å².